The van der Waals surface area contributed by atoms with Crippen LogP contribution >= 0.6 is 15.9 Å². The zero-order valence-electron chi connectivity index (χ0n) is 9.13. The van der Waals surface area contributed by atoms with Crippen LogP contribution in [0.5, 0.6) is 0 Å². The fourth-order valence-corrected chi connectivity index (χ4v) is 1.75. The molecule has 0 aliphatic heterocycles. The molecule has 0 atom stereocenters. The molecule has 0 fully saturated rings. The molecule has 1 N–H and O–H groups in total. The Hall–Kier alpha value is -1.31. The lowest BCUT2D eigenvalue weighted by Crippen LogP contribution is -2.41. The van der Waals surface area contributed by atoms with Gasteiger partial charge in [-0.25, -0.2) is 0 Å². The van der Waals surface area contributed by atoms with Gasteiger partial charge < -0.3 is 9.88 Å². The number of aromatic nitrogens is 1. The van der Waals surface area contributed by atoms with E-state index in [1.807, 2.05) is 0 Å². The molecule has 0 aliphatic carbocycles. The Morgan fingerprint density at radius 2 is 2.11 bits per heavy atom. The van der Waals surface area contributed by atoms with Crippen molar-refractivity contribution in [3.05, 3.63) is 34.2 Å². The smallest absolute Gasteiger partial charge is 0.367 e. The van der Waals surface area contributed by atoms with E-state index in [9.17, 15) is 22.8 Å². The molecule has 0 bridgehead atoms. The number of halogens is 4. The average molecular weight is 327 g/mol. The number of carbonyl (C=O) groups excluding carboxylic acids is 1. The molecule has 18 heavy (non-hydrogen) atoms. The molecular weight excluding hydrogens is 317 g/mol. The van der Waals surface area contributed by atoms with Crippen LogP contribution in [0.1, 0.15) is 10.4 Å². The summed E-state index contributed by atoms with van der Waals surface area (Å²) in [5.74, 6) is -0.936. The molecule has 0 spiro atoms. The summed E-state index contributed by atoms with van der Waals surface area (Å²) < 4.78 is 36.9. The summed E-state index contributed by atoms with van der Waals surface area (Å²) in [6.07, 6.45) is -2.10. The molecule has 1 amide bonds. The first-order valence-corrected chi connectivity index (χ1v) is 6.06. The topological polar surface area (TPSA) is 53.2 Å². The molecule has 0 saturated heterocycles. The summed E-state index contributed by atoms with van der Waals surface area (Å²) in [6, 6.07) is 1.09. The van der Waals surface area contributed by atoms with Crippen molar-refractivity contribution in [3.63, 3.8) is 0 Å². The Labute approximate surface area is 109 Å². The van der Waals surface area contributed by atoms with Gasteiger partial charge in [-0.2, -0.15) is 13.2 Å². The zero-order chi connectivity index (χ0) is 13.8. The largest absolute Gasteiger partial charge is 0.406 e. The van der Waals surface area contributed by atoms with E-state index in [0.717, 1.165) is 12.3 Å². The molecule has 1 aromatic rings. The maximum absolute atomic E-state index is 12.3. The van der Waals surface area contributed by atoms with E-state index >= 15 is 0 Å². The van der Waals surface area contributed by atoms with Gasteiger partial charge >= 0.3 is 6.18 Å². The molecule has 0 radical (unpaired) electrons. The molecule has 100 valence electrons. The van der Waals surface area contributed by atoms with E-state index in [1.165, 1.54) is 6.20 Å². The Morgan fingerprint density at radius 1 is 1.44 bits per heavy atom. The van der Waals surface area contributed by atoms with Crippen molar-refractivity contribution in [3.8, 4) is 0 Å². The predicted molar refractivity (Wildman–Crippen MR) is 62.8 cm³/mol. The fraction of sp³-hybridized carbons (Fsp3) is 0.400. The van der Waals surface area contributed by atoms with Crippen molar-refractivity contribution in [1.82, 2.24) is 9.88 Å². The van der Waals surface area contributed by atoms with Crippen LogP contribution in [0.3, 0.4) is 0 Å². The molecule has 0 aliphatic rings. The fourth-order valence-electron chi connectivity index (χ4n) is 1.32. The number of nitrogens with one attached hydrogen (secondary N) is 1. The second-order valence-corrected chi connectivity index (χ2v) is 4.25. The predicted octanol–water partition coefficient (Wildman–Crippen LogP) is 1.77. The number of H-pyrrole nitrogens is 1. The first-order valence-electron chi connectivity index (χ1n) is 4.94. The van der Waals surface area contributed by atoms with Crippen LogP contribution in [0.2, 0.25) is 0 Å². The van der Waals surface area contributed by atoms with Gasteiger partial charge in [0.25, 0.3) is 5.91 Å². The van der Waals surface area contributed by atoms with Crippen LogP contribution in [-0.4, -0.2) is 40.4 Å². The quantitative estimate of drug-likeness (QED) is 0.857. The van der Waals surface area contributed by atoms with Gasteiger partial charge in [0.05, 0.1) is 0 Å². The van der Waals surface area contributed by atoms with E-state index in [1.54, 1.807) is 0 Å². The summed E-state index contributed by atoms with van der Waals surface area (Å²) in [7, 11) is 0. The summed E-state index contributed by atoms with van der Waals surface area (Å²) in [5.41, 5.74) is -0.914. The summed E-state index contributed by atoms with van der Waals surface area (Å²) in [4.78, 5) is 26.3. The highest BCUT2D eigenvalue weighted by molar-refractivity contribution is 9.09. The van der Waals surface area contributed by atoms with Gasteiger partial charge in [0.15, 0.2) is 5.43 Å². The number of hydrogen-bond acceptors (Lipinski definition) is 2. The van der Waals surface area contributed by atoms with Crippen molar-refractivity contribution in [2.24, 2.45) is 0 Å². The SMILES string of the molecule is O=C(c1c[nH]ccc1=O)N(CCBr)CC(F)(F)F. The second kappa shape index (κ2) is 6.03. The third kappa shape index (κ3) is 4.17. The van der Waals surface area contributed by atoms with Gasteiger partial charge in [-0.05, 0) is 0 Å². The number of rotatable bonds is 4. The van der Waals surface area contributed by atoms with Gasteiger partial charge in [0.2, 0.25) is 0 Å². The lowest BCUT2D eigenvalue weighted by atomic mass is 10.2. The van der Waals surface area contributed by atoms with Crippen LogP contribution < -0.4 is 5.43 Å². The monoisotopic (exact) mass is 326 g/mol. The van der Waals surface area contributed by atoms with Crippen molar-refractivity contribution < 1.29 is 18.0 Å². The van der Waals surface area contributed by atoms with Crippen LogP contribution in [0.4, 0.5) is 13.2 Å². The molecule has 0 aromatic carbocycles. The highest BCUT2D eigenvalue weighted by Crippen LogP contribution is 2.17. The molecule has 1 heterocycles. The Morgan fingerprint density at radius 3 is 2.61 bits per heavy atom. The van der Waals surface area contributed by atoms with Gasteiger partial charge in [-0.3, -0.25) is 9.59 Å². The minimum atomic E-state index is -4.50. The number of amides is 1. The number of pyridine rings is 1. The maximum Gasteiger partial charge on any atom is 0.406 e. The van der Waals surface area contributed by atoms with Gasteiger partial charge in [0.1, 0.15) is 12.1 Å². The zero-order valence-corrected chi connectivity index (χ0v) is 10.7. The molecule has 0 unspecified atom stereocenters. The third-order valence-corrected chi connectivity index (χ3v) is 2.42. The van der Waals surface area contributed by atoms with Crippen LogP contribution in [-0.2, 0) is 0 Å². The van der Waals surface area contributed by atoms with Crippen LogP contribution in [0, 0.1) is 0 Å². The molecule has 1 aromatic heterocycles. The Bertz CT molecular complexity index is 473. The van der Waals surface area contributed by atoms with E-state index in [-0.39, 0.29) is 17.4 Å². The Kier molecular flexibility index (Phi) is 4.94. The minimum Gasteiger partial charge on any atom is -0.367 e. The Balaban J connectivity index is 2.97. The lowest BCUT2D eigenvalue weighted by Gasteiger charge is -2.22. The highest BCUT2D eigenvalue weighted by atomic mass is 79.9. The normalized spacial score (nSPS) is 11.3. The van der Waals surface area contributed by atoms with E-state index in [0.29, 0.717) is 4.90 Å². The van der Waals surface area contributed by atoms with E-state index < -0.39 is 24.1 Å². The minimum absolute atomic E-state index is 0.132. The van der Waals surface area contributed by atoms with Gasteiger partial charge in [-0.15, -0.1) is 0 Å². The van der Waals surface area contributed by atoms with Crippen LogP contribution in [0.15, 0.2) is 23.3 Å². The van der Waals surface area contributed by atoms with Crippen molar-refractivity contribution in [1.29, 1.82) is 0 Å². The number of carbonyl (C=O) groups is 1. The number of nitrogens with zero attached hydrogens (tertiary/aromatic N) is 1. The van der Waals surface area contributed by atoms with Crippen molar-refractivity contribution in [2.45, 2.75) is 6.18 Å². The summed E-state index contributed by atoms with van der Waals surface area (Å²) in [5, 5.41) is 0.194. The molecule has 4 nitrogen and oxygen atoms in total. The lowest BCUT2D eigenvalue weighted by molar-refractivity contribution is -0.140. The summed E-state index contributed by atoms with van der Waals surface area (Å²) in [6.45, 7) is -1.52. The van der Waals surface area contributed by atoms with Gasteiger partial charge in [-0.1, -0.05) is 15.9 Å². The molecule has 1 rings (SSSR count). The van der Waals surface area contributed by atoms with Crippen molar-refractivity contribution >= 4 is 21.8 Å². The first kappa shape index (κ1) is 14.7. The average Bonchev–Trinajstić information content (AvgIpc) is 2.26. The van der Waals surface area contributed by atoms with E-state index in [2.05, 4.69) is 20.9 Å². The highest BCUT2D eigenvalue weighted by Gasteiger charge is 2.33. The summed E-state index contributed by atoms with van der Waals surface area (Å²) >= 11 is 2.97. The second-order valence-electron chi connectivity index (χ2n) is 3.45. The molecule has 8 heteroatoms. The number of aromatic amines is 1. The molecule has 0 saturated carbocycles. The first-order chi connectivity index (χ1) is 8.35. The standard InChI is InChI=1S/C10H10BrF3N2O2/c11-2-4-16(6-10(12,13)14)9(18)7-5-15-3-1-8(7)17/h1,3,5H,2,4,6H2,(H,15,17). The third-order valence-electron chi connectivity index (χ3n) is 2.07. The number of alkyl halides is 4. The molecular formula is C10H10BrF3N2O2. The van der Waals surface area contributed by atoms with E-state index in [4.69, 9.17) is 0 Å². The maximum atomic E-state index is 12.3. The number of hydrogen-bond donors (Lipinski definition) is 1. The van der Waals surface area contributed by atoms with Crippen molar-refractivity contribution in [2.75, 3.05) is 18.4 Å². The van der Waals surface area contributed by atoms with Gasteiger partial charge in [0, 0.05) is 30.3 Å². The van der Waals surface area contributed by atoms with Crippen LogP contribution in [0.25, 0.3) is 0 Å².